The molecule has 1 aromatic heterocycles. The molecule has 0 saturated carbocycles. The fourth-order valence-corrected chi connectivity index (χ4v) is 3.24. The smallest absolute Gasteiger partial charge is 0.186 e. The molecular weight excluding hydrogens is 282 g/mol. The van der Waals surface area contributed by atoms with Crippen LogP contribution in [-0.4, -0.2) is 43.4 Å². The summed E-state index contributed by atoms with van der Waals surface area (Å²) in [6.45, 7) is 15.2. The van der Waals surface area contributed by atoms with Gasteiger partial charge in [0, 0.05) is 25.2 Å². The molecule has 0 radical (unpaired) electrons. The molecule has 0 unspecified atom stereocenters. The molecule has 1 aromatic rings. The van der Waals surface area contributed by atoms with E-state index >= 15 is 0 Å². The highest BCUT2D eigenvalue weighted by atomic mass is 32.1. The Morgan fingerprint density at radius 3 is 2.67 bits per heavy atom. The molecule has 118 valence electrons. The van der Waals surface area contributed by atoms with Gasteiger partial charge in [-0.3, -0.25) is 0 Å². The molecule has 1 fully saturated rings. The summed E-state index contributed by atoms with van der Waals surface area (Å²) in [5.41, 5.74) is 2.61. The molecule has 2 heterocycles. The number of hydrogen-bond acceptors (Lipinski definition) is 5. The van der Waals surface area contributed by atoms with E-state index in [2.05, 4.69) is 50.9 Å². The number of ether oxygens (including phenoxy) is 1. The number of thiazole rings is 1. The highest BCUT2D eigenvalue weighted by molar-refractivity contribution is 7.16. The number of hydrogen-bond donors (Lipinski definition) is 1. The van der Waals surface area contributed by atoms with Crippen molar-refractivity contribution in [3.63, 3.8) is 0 Å². The van der Waals surface area contributed by atoms with Gasteiger partial charge in [-0.2, -0.15) is 0 Å². The summed E-state index contributed by atoms with van der Waals surface area (Å²) in [5.74, 6) is 0. The monoisotopic (exact) mass is 309 g/mol. The third-order valence-corrected chi connectivity index (χ3v) is 4.54. The number of nitrogens with zero attached hydrogens (tertiary/aromatic N) is 2. The molecule has 1 saturated heterocycles. The van der Waals surface area contributed by atoms with Crippen LogP contribution in [0.1, 0.15) is 38.3 Å². The maximum absolute atomic E-state index is 5.40. The minimum Gasteiger partial charge on any atom is -0.378 e. The lowest BCUT2D eigenvalue weighted by Gasteiger charge is -2.26. The van der Waals surface area contributed by atoms with E-state index in [0.29, 0.717) is 0 Å². The number of anilines is 1. The lowest BCUT2D eigenvalue weighted by Crippen LogP contribution is -2.36. The van der Waals surface area contributed by atoms with E-state index in [9.17, 15) is 0 Å². The molecule has 0 bridgehead atoms. The molecule has 1 aliphatic heterocycles. The first-order valence-electron chi connectivity index (χ1n) is 7.57. The van der Waals surface area contributed by atoms with Crippen molar-refractivity contribution in [2.45, 2.75) is 40.2 Å². The zero-order valence-corrected chi connectivity index (χ0v) is 14.6. The first-order chi connectivity index (χ1) is 9.85. The summed E-state index contributed by atoms with van der Waals surface area (Å²) in [7, 11) is 0. The van der Waals surface area contributed by atoms with E-state index in [1.165, 1.54) is 10.5 Å². The van der Waals surface area contributed by atoms with Gasteiger partial charge < -0.3 is 15.0 Å². The lowest BCUT2D eigenvalue weighted by atomic mass is 10.1. The summed E-state index contributed by atoms with van der Waals surface area (Å²) in [6, 6.07) is 0. The number of nitrogens with one attached hydrogen (secondary N) is 1. The van der Waals surface area contributed by atoms with Crippen molar-refractivity contribution in [3.8, 4) is 0 Å². The summed E-state index contributed by atoms with van der Waals surface area (Å²) < 4.78 is 5.40. The molecule has 1 N–H and O–H groups in total. The Bertz CT molecular complexity index is 496. The molecule has 2 rings (SSSR count). The van der Waals surface area contributed by atoms with Gasteiger partial charge in [-0.15, -0.1) is 0 Å². The average molecular weight is 309 g/mol. The van der Waals surface area contributed by atoms with Crippen molar-refractivity contribution < 1.29 is 4.74 Å². The first kappa shape index (κ1) is 16.5. The average Bonchev–Trinajstić information content (AvgIpc) is 2.78. The Kier molecular flexibility index (Phi) is 5.41. The van der Waals surface area contributed by atoms with E-state index in [1.54, 1.807) is 11.3 Å². The maximum Gasteiger partial charge on any atom is 0.186 e. The fraction of sp³-hybridized carbons (Fsp3) is 0.688. The summed E-state index contributed by atoms with van der Waals surface area (Å²) in [6.07, 6.45) is 2.26. The van der Waals surface area contributed by atoms with E-state index in [4.69, 9.17) is 9.72 Å². The normalized spacial score (nSPS) is 17.4. The van der Waals surface area contributed by atoms with Crippen LogP contribution in [0.25, 0.3) is 6.08 Å². The molecule has 1 aliphatic rings. The number of morpholine rings is 1. The molecule has 21 heavy (non-hydrogen) atoms. The van der Waals surface area contributed by atoms with Crippen molar-refractivity contribution in [3.05, 3.63) is 16.1 Å². The van der Waals surface area contributed by atoms with Crippen LogP contribution in [0.5, 0.6) is 0 Å². The van der Waals surface area contributed by atoms with Crippen molar-refractivity contribution in [1.29, 1.82) is 0 Å². The Morgan fingerprint density at radius 1 is 1.38 bits per heavy atom. The van der Waals surface area contributed by atoms with Crippen LogP contribution in [0.4, 0.5) is 5.13 Å². The Morgan fingerprint density at radius 2 is 2.05 bits per heavy atom. The highest BCUT2D eigenvalue weighted by Gasteiger charge is 2.16. The van der Waals surface area contributed by atoms with Gasteiger partial charge >= 0.3 is 0 Å². The van der Waals surface area contributed by atoms with Crippen molar-refractivity contribution >= 4 is 22.5 Å². The third kappa shape index (κ3) is 5.09. The second-order valence-electron chi connectivity index (χ2n) is 6.64. The highest BCUT2D eigenvalue weighted by Crippen LogP contribution is 2.28. The summed E-state index contributed by atoms with van der Waals surface area (Å²) in [5, 5.41) is 4.64. The molecule has 0 amide bonds. The molecule has 0 spiro atoms. The molecule has 5 heteroatoms. The van der Waals surface area contributed by atoms with Crippen LogP contribution in [-0.2, 0) is 4.74 Å². The molecule has 4 nitrogen and oxygen atoms in total. The van der Waals surface area contributed by atoms with Crippen LogP contribution in [0.3, 0.4) is 0 Å². The predicted molar refractivity (Wildman–Crippen MR) is 91.3 cm³/mol. The number of rotatable bonds is 4. The van der Waals surface area contributed by atoms with Crippen LogP contribution < -0.4 is 10.2 Å². The van der Waals surface area contributed by atoms with E-state index in [1.807, 2.05) is 0 Å². The van der Waals surface area contributed by atoms with E-state index in [0.717, 1.165) is 43.7 Å². The van der Waals surface area contributed by atoms with Gasteiger partial charge in [0.15, 0.2) is 5.13 Å². The standard InChI is InChI=1S/C16H27N3OS/c1-12(11-17-16(3,4)5)10-14-13(2)18-15(21-14)19-6-8-20-9-7-19/h10,17H,6-9,11H2,1-5H3. The Hall–Kier alpha value is -0.910. The van der Waals surface area contributed by atoms with E-state index < -0.39 is 0 Å². The number of aromatic nitrogens is 1. The van der Waals surface area contributed by atoms with Crippen molar-refractivity contribution in [1.82, 2.24) is 10.3 Å². The number of aryl methyl sites for hydroxylation is 1. The van der Waals surface area contributed by atoms with Crippen LogP contribution in [0, 0.1) is 6.92 Å². The summed E-state index contributed by atoms with van der Waals surface area (Å²) in [4.78, 5) is 8.31. The van der Waals surface area contributed by atoms with Gasteiger partial charge in [-0.25, -0.2) is 4.98 Å². The molecule has 0 aromatic carbocycles. The minimum atomic E-state index is 0.150. The largest absolute Gasteiger partial charge is 0.378 e. The molecule has 0 atom stereocenters. The van der Waals surface area contributed by atoms with Gasteiger partial charge in [0.05, 0.1) is 23.8 Å². The van der Waals surface area contributed by atoms with Gasteiger partial charge in [0.2, 0.25) is 0 Å². The van der Waals surface area contributed by atoms with Crippen molar-refractivity contribution in [2.24, 2.45) is 0 Å². The Labute approximate surface area is 132 Å². The lowest BCUT2D eigenvalue weighted by molar-refractivity contribution is 0.122. The van der Waals surface area contributed by atoms with Crippen LogP contribution in [0.15, 0.2) is 5.57 Å². The van der Waals surface area contributed by atoms with Gasteiger partial charge in [0.25, 0.3) is 0 Å². The first-order valence-corrected chi connectivity index (χ1v) is 8.39. The van der Waals surface area contributed by atoms with Gasteiger partial charge in [-0.05, 0) is 40.7 Å². The quantitative estimate of drug-likeness (QED) is 0.927. The molecular formula is C16H27N3OS. The van der Waals surface area contributed by atoms with Crippen LogP contribution in [0.2, 0.25) is 0 Å². The fourth-order valence-electron chi connectivity index (χ4n) is 2.10. The molecule has 0 aliphatic carbocycles. The summed E-state index contributed by atoms with van der Waals surface area (Å²) >= 11 is 1.78. The Balaban J connectivity index is 2.04. The zero-order chi connectivity index (χ0) is 15.5. The zero-order valence-electron chi connectivity index (χ0n) is 13.8. The second-order valence-corrected chi connectivity index (χ2v) is 7.65. The third-order valence-electron chi connectivity index (χ3n) is 3.38. The minimum absolute atomic E-state index is 0.150. The SMILES string of the molecule is CC(=Cc1sc(N2CCOCC2)nc1C)CNC(C)(C)C. The van der Waals surface area contributed by atoms with Crippen molar-refractivity contribution in [2.75, 3.05) is 37.7 Å². The van der Waals surface area contributed by atoms with E-state index in [-0.39, 0.29) is 5.54 Å². The predicted octanol–water partition coefficient (Wildman–Crippen LogP) is 3.08. The maximum atomic E-state index is 5.40. The van der Waals surface area contributed by atoms with Gasteiger partial charge in [-0.1, -0.05) is 16.9 Å². The second kappa shape index (κ2) is 6.90. The van der Waals surface area contributed by atoms with Gasteiger partial charge in [0.1, 0.15) is 0 Å². The topological polar surface area (TPSA) is 37.4 Å². The van der Waals surface area contributed by atoms with Crippen LogP contribution >= 0.6 is 11.3 Å².